The first-order valence-electron chi connectivity index (χ1n) is 21.9. The first-order chi connectivity index (χ1) is 24.3. The lowest BCUT2D eigenvalue weighted by molar-refractivity contribution is -0.142. The fraction of sp³-hybridized carbons (Fsp3) is 0.930. The average Bonchev–Trinajstić information content (AvgIpc) is 3.09. The minimum atomic E-state index is -0.491. The van der Waals surface area contributed by atoms with E-state index >= 15 is 0 Å². The quantitative estimate of drug-likeness (QED) is 0.0645. The van der Waals surface area contributed by atoms with Crippen molar-refractivity contribution >= 4 is 17.7 Å². The van der Waals surface area contributed by atoms with Gasteiger partial charge in [0.05, 0.1) is 19.6 Å². The lowest BCUT2D eigenvalue weighted by atomic mass is 10.1. The molecule has 0 aromatic carbocycles. The molecule has 0 atom stereocenters. The Morgan fingerprint density at radius 2 is 0.620 bits per heavy atom. The van der Waals surface area contributed by atoms with E-state index in [1.54, 1.807) is 9.80 Å². The molecule has 7 heteroatoms. The predicted molar refractivity (Wildman–Crippen MR) is 215 cm³/mol. The van der Waals surface area contributed by atoms with Gasteiger partial charge in [-0.15, -0.1) is 0 Å². The zero-order chi connectivity index (χ0) is 36.9. The fourth-order valence-corrected chi connectivity index (χ4v) is 6.89. The van der Waals surface area contributed by atoms with Crippen molar-refractivity contribution in [2.24, 2.45) is 5.73 Å². The maximum atomic E-state index is 13.6. The van der Waals surface area contributed by atoms with Gasteiger partial charge in [0.1, 0.15) is 0 Å². The monoisotopic (exact) mass is 707 g/mol. The van der Waals surface area contributed by atoms with Gasteiger partial charge in [0.25, 0.3) is 0 Å². The minimum Gasteiger partial charge on any atom is -0.368 e. The number of carbonyl (C=O) groups is 3. The van der Waals surface area contributed by atoms with Gasteiger partial charge >= 0.3 is 0 Å². The smallest absolute Gasteiger partial charge is 0.242 e. The zero-order valence-corrected chi connectivity index (χ0v) is 34.1. The number of amides is 3. The maximum Gasteiger partial charge on any atom is 0.242 e. The SMILES string of the molecule is CCCCCCCCCCCCN(C)CC(=O)N(CCCCCCCCCCCC)CC(=O)N(CCCCCCCCCCCC)CC(N)=O. The first-order valence-corrected chi connectivity index (χ1v) is 21.9. The Balaban J connectivity index is 4.83. The van der Waals surface area contributed by atoms with Gasteiger partial charge in [-0.25, -0.2) is 0 Å². The van der Waals surface area contributed by atoms with Crippen molar-refractivity contribution in [1.82, 2.24) is 14.7 Å². The molecule has 0 rings (SSSR count). The van der Waals surface area contributed by atoms with Crippen molar-refractivity contribution < 1.29 is 14.4 Å². The van der Waals surface area contributed by atoms with E-state index in [1.807, 2.05) is 7.05 Å². The van der Waals surface area contributed by atoms with Gasteiger partial charge in [0.2, 0.25) is 17.7 Å². The van der Waals surface area contributed by atoms with Gasteiger partial charge in [0.15, 0.2) is 0 Å². The molecule has 0 aliphatic rings. The molecule has 0 aliphatic heterocycles. The van der Waals surface area contributed by atoms with Gasteiger partial charge in [-0.1, -0.05) is 194 Å². The third-order valence-electron chi connectivity index (χ3n) is 10.2. The van der Waals surface area contributed by atoms with Crippen LogP contribution in [0.2, 0.25) is 0 Å². The fourth-order valence-electron chi connectivity index (χ4n) is 6.89. The van der Waals surface area contributed by atoms with Crippen LogP contribution in [0.3, 0.4) is 0 Å². The van der Waals surface area contributed by atoms with Crippen LogP contribution in [0, 0.1) is 0 Å². The normalized spacial score (nSPS) is 11.4. The number of likely N-dealkylation sites (N-methyl/N-ethyl adjacent to an activating group) is 1. The van der Waals surface area contributed by atoms with Gasteiger partial charge in [-0.3, -0.25) is 19.3 Å². The van der Waals surface area contributed by atoms with Crippen LogP contribution in [0.1, 0.15) is 213 Å². The summed E-state index contributed by atoms with van der Waals surface area (Å²) in [4.78, 5) is 44.5. The predicted octanol–water partition coefficient (Wildman–Crippen LogP) is 10.8. The van der Waals surface area contributed by atoms with E-state index in [0.29, 0.717) is 19.6 Å². The number of nitrogens with zero attached hydrogens (tertiary/aromatic N) is 3. The highest BCUT2D eigenvalue weighted by Crippen LogP contribution is 2.14. The Morgan fingerprint density at radius 3 is 0.940 bits per heavy atom. The third-order valence-corrected chi connectivity index (χ3v) is 10.2. The topological polar surface area (TPSA) is 87.0 Å². The summed E-state index contributed by atoms with van der Waals surface area (Å²) < 4.78 is 0. The number of hydrogen-bond donors (Lipinski definition) is 1. The largest absolute Gasteiger partial charge is 0.368 e. The Labute approximate surface area is 311 Å². The van der Waals surface area contributed by atoms with Gasteiger partial charge in [0, 0.05) is 13.1 Å². The van der Waals surface area contributed by atoms with Crippen molar-refractivity contribution in [3.05, 3.63) is 0 Å². The van der Waals surface area contributed by atoms with E-state index in [1.165, 1.54) is 154 Å². The Hall–Kier alpha value is -1.63. The standard InChI is InChI=1S/C43H86N4O3/c1-5-8-11-14-17-20-23-26-29-32-35-45(4)39-42(49)47(37-34-31-28-25-22-19-16-13-10-7-3)40-43(50)46(38-41(44)48)36-33-30-27-24-21-18-15-12-9-6-2/h5-40H2,1-4H3,(H2,44,48). The Bertz CT molecular complexity index is 777. The van der Waals surface area contributed by atoms with E-state index < -0.39 is 5.91 Å². The van der Waals surface area contributed by atoms with Crippen LogP contribution in [0.4, 0.5) is 0 Å². The summed E-state index contributed by atoms with van der Waals surface area (Å²) in [7, 11) is 2.02. The molecule has 0 aromatic heterocycles. The highest BCUT2D eigenvalue weighted by atomic mass is 16.2. The molecule has 0 unspecified atom stereocenters. The number of nitrogens with two attached hydrogens (primary N) is 1. The van der Waals surface area contributed by atoms with Crippen LogP contribution in [0.5, 0.6) is 0 Å². The van der Waals surface area contributed by atoms with E-state index in [4.69, 9.17) is 5.73 Å². The number of rotatable bonds is 39. The maximum absolute atomic E-state index is 13.6. The number of primary amides is 1. The summed E-state index contributed by atoms with van der Waals surface area (Å²) in [6.45, 7) is 9.08. The molecular formula is C43H86N4O3. The molecule has 0 saturated carbocycles. The highest BCUT2D eigenvalue weighted by molar-refractivity contribution is 5.88. The van der Waals surface area contributed by atoms with Crippen molar-refractivity contribution in [2.45, 2.75) is 213 Å². The second-order valence-electron chi connectivity index (χ2n) is 15.4. The lowest BCUT2D eigenvalue weighted by Crippen LogP contribution is -2.48. The molecule has 0 aromatic rings. The van der Waals surface area contributed by atoms with Crippen LogP contribution >= 0.6 is 0 Å². The molecule has 0 bridgehead atoms. The van der Waals surface area contributed by atoms with Crippen molar-refractivity contribution in [2.75, 3.05) is 46.3 Å². The van der Waals surface area contributed by atoms with Crippen molar-refractivity contribution in [3.8, 4) is 0 Å². The average molecular weight is 707 g/mol. The van der Waals surface area contributed by atoms with Crippen molar-refractivity contribution in [3.63, 3.8) is 0 Å². The molecular weight excluding hydrogens is 620 g/mol. The van der Waals surface area contributed by atoms with Crippen LogP contribution in [-0.2, 0) is 14.4 Å². The van der Waals surface area contributed by atoms with Crippen molar-refractivity contribution in [1.29, 1.82) is 0 Å². The third kappa shape index (κ3) is 32.3. The first kappa shape index (κ1) is 48.4. The molecule has 3 amide bonds. The molecule has 2 N–H and O–H groups in total. The number of hydrogen-bond acceptors (Lipinski definition) is 4. The summed E-state index contributed by atoms with van der Waals surface area (Å²) in [5, 5.41) is 0. The number of unbranched alkanes of at least 4 members (excludes halogenated alkanes) is 27. The molecule has 296 valence electrons. The van der Waals surface area contributed by atoms with E-state index in [9.17, 15) is 14.4 Å². The van der Waals surface area contributed by atoms with Gasteiger partial charge in [-0.2, -0.15) is 0 Å². The van der Waals surface area contributed by atoms with E-state index in [0.717, 1.165) is 45.1 Å². The minimum absolute atomic E-state index is 0.0156. The van der Waals surface area contributed by atoms with Crippen LogP contribution in [0.25, 0.3) is 0 Å². The molecule has 50 heavy (non-hydrogen) atoms. The Morgan fingerprint density at radius 1 is 0.360 bits per heavy atom. The number of carbonyl (C=O) groups excluding carboxylic acids is 3. The van der Waals surface area contributed by atoms with E-state index in [-0.39, 0.29) is 24.9 Å². The summed E-state index contributed by atoms with van der Waals surface area (Å²) in [5.41, 5.74) is 5.57. The molecule has 0 aliphatic carbocycles. The van der Waals surface area contributed by atoms with Crippen LogP contribution in [-0.4, -0.2) is 78.7 Å². The highest BCUT2D eigenvalue weighted by Gasteiger charge is 2.23. The van der Waals surface area contributed by atoms with Crippen LogP contribution in [0.15, 0.2) is 0 Å². The van der Waals surface area contributed by atoms with Gasteiger partial charge < -0.3 is 15.5 Å². The molecule has 0 radical (unpaired) electrons. The molecule has 0 heterocycles. The second-order valence-corrected chi connectivity index (χ2v) is 15.4. The zero-order valence-electron chi connectivity index (χ0n) is 34.1. The van der Waals surface area contributed by atoms with Crippen LogP contribution < -0.4 is 5.73 Å². The molecule has 0 saturated heterocycles. The summed E-state index contributed by atoms with van der Waals surface area (Å²) in [5.74, 6) is -0.631. The van der Waals surface area contributed by atoms with E-state index in [2.05, 4.69) is 25.7 Å². The molecule has 0 fully saturated rings. The summed E-state index contributed by atoms with van der Waals surface area (Å²) in [6.07, 6.45) is 37.5. The second kappa shape index (κ2) is 37.1. The summed E-state index contributed by atoms with van der Waals surface area (Å²) in [6, 6.07) is 0. The lowest BCUT2D eigenvalue weighted by Gasteiger charge is -2.28. The summed E-state index contributed by atoms with van der Waals surface area (Å²) >= 11 is 0. The molecule has 7 nitrogen and oxygen atoms in total. The molecule has 0 spiro atoms. The van der Waals surface area contributed by atoms with Gasteiger partial charge in [-0.05, 0) is 32.9 Å². The Kier molecular flexibility index (Phi) is 35.9.